The molecule has 3 atom stereocenters. The molecular weight excluding hydrogens is 436 g/mol. The summed E-state index contributed by atoms with van der Waals surface area (Å²) in [6.45, 7) is 2.19. The van der Waals surface area contributed by atoms with Crippen molar-refractivity contribution in [1.29, 1.82) is 0 Å². The van der Waals surface area contributed by atoms with Gasteiger partial charge in [-0.15, -0.1) is 0 Å². The Hall–Kier alpha value is -4.17. The number of fused-ring (bicyclic) bond motifs is 1. The quantitative estimate of drug-likeness (QED) is 0.561. The fourth-order valence-electron chi connectivity index (χ4n) is 4.64. The van der Waals surface area contributed by atoms with E-state index >= 15 is 0 Å². The molecular formula is C26H22N2O6. The fraction of sp³-hybridized carbons (Fsp3) is 0.192. The summed E-state index contributed by atoms with van der Waals surface area (Å²) in [5.74, 6) is -2.64. The third-order valence-electron chi connectivity index (χ3n) is 6.04. The predicted molar refractivity (Wildman–Crippen MR) is 124 cm³/mol. The number of amides is 2. The third kappa shape index (κ3) is 3.39. The van der Waals surface area contributed by atoms with Gasteiger partial charge in [0, 0.05) is 0 Å². The second kappa shape index (κ2) is 8.64. The highest BCUT2D eigenvalue weighted by Gasteiger charge is 2.61. The maximum absolute atomic E-state index is 13.8. The number of carboxylic acid groups (broad SMARTS) is 1. The Morgan fingerprint density at radius 1 is 0.941 bits per heavy atom. The molecule has 0 aliphatic carbocycles. The molecule has 2 aliphatic heterocycles. The molecule has 2 heterocycles. The molecule has 3 aromatic carbocycles. The number of imide groups is 1. The Balaban J connectivity index is 1.63. The van der Waals surface area contributed by atoms with Gasteiger partial charge in [0.25, 0.3) is 5.91 Å². The second-order valence-electron chi connectivity index (χ2n) is 7.96. The molecule has 0 spiro atoms. The summed E-state index contributed by atoms with van der Waals surface area (Å²) in [5, 5.41) is 11.3. The van der Waals surface area contributed by atoms with Crippen molar-refractivity contribution in [2.75, 3.05) is 16.6 Å². The van der Waals surface area contributed by atoms with Crippen LogP contribution in [0, 0.1) is 5.92 Å². The smallest absolute Gasteiger partial charge is 0.336 e. The highest BCUT2D eigenvalue weighted by Crippen LogP contribution is 2.49. The minimum absolute atomic E-state index is 0.0473. The molecule has 2 saturated heterocycles. The molecule has 2 amide bonds. The molecule has 172 valence electrons. The number of anilines is 2. The topological polar surface area (TPSA) is 96.4 Å². The van der Waals surface area contributed by atoms with Gasteiger partial charge in [0.1, 0.15) is 11.7 Å². The van der Waals surface area contributed by atoms with Crippen molar-refractivity contribution in [3.05, 3.63) is 90.0 Å². The highest BCUT2D eigenvalue weighted by atomic mass is 16.7. The first-order valence-corrected chi connectivity index (χ1v) is 11.0. The Morgan fingerprint density at radius 3 is 2.35 bits per heavy atom. The number of rotatable bonds is 6. The van der Waals surface area contributed by atoms with Gasteiger partial charge >= 0.3 is 5.97 Å². The summed E-state index contributed by atoms with van der Waals surface area (Å²) in [4.78, 5) is 46.5. The van der Waals surface area contributed by atoms with E-state index in [0.717, 1.165) is 4.90 Å². The Bertz CT molecular complexity index is 1260. The Labute approximate surface area is 195 Å². The SMILES string of the molecule is CCOc1ccccc1N1C(=O)[C@H]2[C@H](ON(c3ccccc3)[C@@H]2c2ccccc2C(=O)O)C1=O. The molecule has 0 unspecified atom stereocenters. The van der Waals surface area contributed by atoms with Crippen LogP contribution >= 0.6 is 0 Å². The normalized spacial score (nSPS) is 21.6. The third-order valence-corrected chi connectivity index (χ3v) is 6.04. The molecule has 0 saturated carbocycles. The van der Waals surface area contributed by atoms with Crippen LogP contribution in [0.25, 0.3) is 0 Å². The number of carbonyl (C=O) groups is 3. The van der Waals surface area contributed by atoms with Gasteiger partial charge in [-0.3, -0.25) is 14.4 Å². The molecule has 34 heavy (non-hydrogen) atoms. The van der Waals surface area contributed by atoms with Crippen LogP contribution in [0.2, 0.25) is 0 Å². The molecule has 0 aromatic heterocycles. The van der Waals surface area contributed by atoms with Crippen LogP contribution in [0.4, 0.5) is 11.4 Å². The van der Waals surface area contributed by atoms with Gasteiger partial charge in [0.15, 0.2) is 6.10 Å². The number of aromatic carboxylic acids is 1. The molecule has 3 aromatic rings. The number of hydroxylamine groups is 1. The lowest BCUT2D eigenvalue weighted by Gasteiger charge is -2.29. The first kappa shape index (κ1) is 21.7. The van der Waals surface area contributed by atoms with Gasteiger partial charge in [-0.1, -0.05) is 48.5 Å². The number of carboxylic acids is 1. The van der Waals surface area contributed by atoms with E-state index in [1.165, 1.54) is 11.1 Å². The zero-order chi connectivity index (χ0) is 23.8. The average Bonchev–Trinajstić information content (AvgIpc) is 3.36. The maximum Gasteiger partial charge on any atom is 0.336 e. The minimum atomic E-state index is -1.12. The molecule has 1 N–H and O–H groups in total. The second-order valence-corrected chi connectivity index (χ2v) is 7.96. The van der Waals surface area contributed by atoms with Gasteiger partial charge in [0.05, 0.1) is 29.6 Å². The number of hydrogen-bond donors (Lipinski definition) is 1. The molecule has 8 nitrogen and oxygen atoms in total. The van der Waals surface area contributed by atoms with E-state index in [0.29, 0.717) is 29.3 Å². The monoisotopic (exact) mass is 458 g/mol. The van der Waals surface area contributed by atoms with Crippen molar-refractivity contribution >= 4 is 29.2 Å². The highest BCUT2D eigenvalue weighted by molar-refractivity contribution is 6.24. The van der Waals surface area contributed by atoms with E-state index in [9.17, 15) is 19.5 Å². The predicted octanol–water partition coefficient (Wildman–Crippen LogP) is 3.83. The van der Waals surface area contributed by atoms with E-state index in [1.807, 2.05) is 13.0 Å². The zero-order valence-electron chi connectivity index (χ0n) is 18.3. The van der Waals surface area contributed by atoms with Crippen molar-refractivity contribution in [2.45, 2.75) is 19.1 Å². The number of ether oxygens (including phenoxy) is 1. The van der Waals surface area contributed by atoms with Crippen LogP contribution in [-0.2, 0) is 14.4 Å². The van der Waals surface area contributed by atoms with E-state index in [4.69, 9.17) is 9.57 Å². The van der Waals surface area contributed by atoms with Crippen LogP contribution in [0.1, 0.15) is 28.9 Å². The van der Waals surface area contributed by atoms with Crippen molar-refractivity contribution in [1.82, 2.24) is 0 Å². The number of para-hydroxylation sites is 3. The molecule has 5 rings (SSSR count). The number of hydrogen-bond acceptors (Lipinski definition) is 6. The molecule has 8 heteroatoms. The van der Waals surface area contributed by atoms with Crippen molar-refractivity contribution < 1.29 is 29.1 Å². The Morgan fingerprint density at radius 2 is 1.62 bits per heavy atom. The summed E-state index contributed by atoms with van der Waals surface area (Å²) >= 11 is 0. The van der Waals surface area contributed by atoms with Crippen LogP contribution in [0.5, 0.6) is 5.75 Å². The summed E-state index contributed by atoms with van der Waals surface area (Å²) in [6.07, 6.45) is -1.10. The summed E-state index contributed by atoms with van der Waals surface area (Å²) in [7, 11) is 0. The van der Waals surface area contributed by atoms with Crippen LogP contribution in [-0.4, -0.2) is 35.6 Å². The fourth-order valence-corrected chi connectivity index (χ4v) is 4.64. The lowest BCUT2D eigenvalue weighted by molar-refractivity contribution is -0.126. The van der Waals surface area contributed by atoms with Gasteiger partial charge in [-0.05, 0) is 42.8 Å². The van der Waals surface area contributed by atoms with Crippen molar-refractivity contribution in [3.8, 4) is 5.75 Å². The van der Waals surface area contributed by atoms with E-state index in [2.05, 4.69) is 0 Å². The van der Waals surface area contributed by atoms with Crippen molar-refractivity contribution in [3.63, 3.8) is 0 Å². The average molecular weight is 458 g/mol. The van der Waals surface area contributed by atoms with E-state index < -0.39 is 35.8 Å². The largest absolute Gasteiger partial charge is 0.492 e. The number of nitrogens with zero attached hydrogens (tertiary/aromatic N) is 2. The Kier molecular flexibility index (Phi) is 5.51. The van der Waals surface area contributed by atoms with Crippen LogP contribution in [0.15, 0.2) is 78.9 Å². The minimum Gasteiger partial charge on any atom is -0.492 e. The van der Waals surface area contributed by atoms with E-state index in [1.54, 1.807) is 66.7 Å². The summed E-state index contributed by atoms with van der Waals surface area (Å²) in [6, 6.07) is 21.5. The van der Waals surface area contributed by atoms with Gasteiger partial charge in [0.2, 0.25) is 5.91 Å². The number of carbonyl (C=O) groups excluding carboxylic acids is 2. The number of benzene rings is 3. The standard InChI is InChI=1S/C26H22N2O6/c1-2-33-20-15-9-8-14-19(20)27-24(29)21-22(17-12-6-7-13-18(17)26(31)32)28(34-23(21)25(27)30)16-10-4-3-5-11-16/h3-15,21-23H,2H2,1H3,(H,31,32)/t21-,22-,23+/m1/s1. The van der Waals surface area contributed by atoms with E-state index in [-0.39, 0.29) is 5.56 Å². The van der Waals surface area contributed by atoms with Gasteiger partial charge < -0.3 is 9.84 Å². The van der Waals surface area contributed by atoms with Crippen LogP contribution in [0.3, 0.4) is 0 Å². The first-order chi connectivity index (χ1) is 16.5. The van der Waals surface area contributed by atoms with Crippen LogP contribution < -0.4 is 14.7 Å². The lowest BCUT2D eigenvalue weighted by atomic mass is 9.88. The molecule has 2 aliphatic rings. The van der Waals surface area contributed by atoms with Gasteiger partial charge in [-0.2, -0.15) is 0 Å². The summed E-state index contributed by atoms with van der Waals surface area (Å²) in [5.41, 5.74) is 1.40. The zero-order valence-corrected chi connectivity index (χ0v) is 18.3. The van der Waals surface area contributed by atoms with Gasteiger partial charge in [-0.25, -0.2) is 14.8 Å². The van der Waals surface area contributed by atoms with Crippen molar-refractivity contribution in [2.24, 2.45) is 5.92 Å². The molecule has 2 fully saturated rings. The maximum atomic E-state index is 13.8. The lowest BCUT2D eigenvalue weighted by Crippen LogP contribution is -2.38. The summed E-state index contributed by atoms with van der Waals surface area (Å²) < 4.78 is 5.65. The molecule has 0 radical (unpaired) electrons. The first-order valence-electron chi connectivity index (χ1n) is 11.0. The molecule has 0 bridgehead atoms.